The van der Waals surface area contributed by atoms with Crippen LogP contribution in [0.5, 0.6) is 0 Å². The molecule has 1 atom stereocenters. The van der Waals surface area contributed by atoms with Gasteiger partial charge in [-0.15, -0.1) is 0 Å². The second-order valence-electron chi connectivity index (χ2n) is 4.13. The number of pyridine rings is 1. The summed E-state index contributed by atoms with van der Waals surface area (Å²) in [6, 6.07) is 2.80. The molecule has 1 aliphatic carbocycles. The highest BCUT2D eigenvalue weighted by Gasteiger charge is 2.21. The Morgan fingerprint density at radius 1 is 1.57 bits per heavy atom. The van der Waals surface area contributed by atoms with Crippen molar-refractivity contribution in [3.8, 4) is 0 Å². The summed E-state index contributed by atoms with van der Waals surface area (Å²) in [7, 11) is 0. The van der Waals surface area contributed by atoms with Crippen molar-refractivity contribution in [1.29, 1.82) is 0 Å². The van der Waals surface area contributed by atoms with Gasteiger partial charge in [-0.3, -0.25) is 0 Å². The monoisotopic (exact) mass is 191 g/mol. The minimum absolute atomic E-state index is 0.0671. The lowest BCUT2D eigenvalue weighted by Gasteiger charge is -2.11. The third-order valence-corrected chi connectivity index (χ3v) is 2.57. The smallest absolute Gasteiger partial charge is 0.126 e. The van der Waals surface area contributed by atoms with E-state index in [0.717, 1.165) is 11.4 Å². The van der Waals surface area contributed by atoms with Crippen molar-refractivity contribution in [2.45, 2.75) is 38.8 Å². The molecule has 1 aliphatic rings. The molecule has 0 saturated heterocycles. The summed E-state index contributed by atoms with van der Waals surface area (Å²) in [4.78, 5) is 4.35. The Labute approximate surface area is 84.7 Å². The minimum Gasteiger partial charge on any atom is -0.367 e. The van der Waals surface area contributed by atoms with E-state index in [1.54, 1.807) is 0 Å². The number of hydrogen-bond donors (Lipinski definition) is 2. The average molecular weight is 191 g/mol. The van der Waals surface area contributed by atoms with Crippen LogP contribution in [0.15, 0.2) is 12.3 Å². The summed E-state index contributed by atoms with van der Waals surface area (Å²) < 4.78 is 0. The van der Waals surface area contributed by atoms with Crippen LogP contribution >= 0.6 is 0 Å². The van der Waals surface area contributed by atoms with Gasteiger partial charge < -0.3 is 11.1 Å². The van der Waals surface area contributed by atoms with Gasteiger partial charge in [-0.2, -0.15) is 0 Å². The zero-order valence-corrected chi connectivity index (χ0v) is 8.75. The van der Waals surface area contributed by atoms with E-state index in [1.807, 2.05) is 13.1 Å². The van der Waals surface area contributed by atoms with Crippen molar-refractivity contribution in [2.24, 2.45) is 5.73 Å². The predicted molar refractivity (Wildman–Crippen MR) is 58.2 cm³/mol. The summed E-state index contributed by atoms with van der Waals surface area (Å²) in [6.45, 7) is 4.07. The van der Waals surface area contributed by atoms with Crippen molar-refractivity contribution in [3.05, 3.63) is 23.4 Å². The number of aromatic nitrogens is 1. The normalized spacial score (nSPS) is 17.9. The first kappa shape index (κ1) is 9.46. The summed E-state index contributed by atoms with van der Waals surface area (Å²) in [5.74, 6) is 0.981. The standard InChI is InChI=1S/C11H17N3/c1-7-5-11(14-9-3-4-9)13-6-10(7)8(2)12/h5-6,8-9H,3-4,12H2,1-2H3,(H,13,14)/t8-/m0/s1. The topological polar surface area (TPSA) is 50.9 Å². The van der Waals surface area contributed by atoms with Gasteiger partial charge in [0.2, 0.25) is 0 Å². The third kappa shape index (κ3) is 2.04. The lowest BCUT2D eigenvalue weighted by Crippen LogP contribution is -2.09. The summed E-state index contributed by atoms with van der Waals surface area (Å²) in [5, 5.41) is 3.37. The van der Waals surface area contributed by atoms with Crippen molar-refractivity contribution >= 4 is 5.82 Å². The minimum atomic E-state index is 0.0671. The molecular formula is C11H17N3. The van der Waals surface area contributed by atoms with Crippen molar-refractivity contribution in [3.63, 3.8) is 0 Å². The molecule has 3 N–H and O–H groups in total. The van der Waals surface area contributed by atoms with E-state index < -0.39 is 0 Å². The Morgan fingerprint density at radius 3 is 2.79 bits per heavy atom. The van der Waals surface area contributed by atoms with Crippen LogP contribution in [0, 0.1) is 6.92 Å². The average Bonchev–Trinajstić information content (AvgIpc) is 2.87. The van der Waals surface area contributed by atoms with E-state index in [-0.39, 0.29) is 6.04 Å². The van der Waals surface area contributed by atoms with Gasteiger partial charge in [0.05, 0.1) is 0 Å². The fourth-order valence-electron chi connectivity index (χ4n) is 1.56. The quantitative estimate of drug-likeness (QED) is 0.768. The summed E-state index contributed by atoms with van der Waals surface area (Å²) >= 11 is 0. The van der Waals surface area contributed by atoms with Gasteiger partial charge in [-0.25, -0.2) is 4.98 Å². The molecule has 1 aromatic rings. The van der Waals surface area contributed by atoms with Crippen LogP contribution in [0.25, 0.3) is 0 Å². The first-order chi connectivity index (χ1) is 6.66. The summed E-state index contributed by atoms with van der Waals surface area (Å²) in [6.07, 6.45) is 4.43. The van der Waals surface area contributed by atoms with Crippen molar-refractivity contribution in [1.82, 2.24) is 4.98 Å². The lowest BCUT2D eigenvalue weighted by molar-refractivity contribution is 0.803. The van der Waals surface area contributed by atoms with Crippen LogP contribution in [0.4, 0.5) is 5.82 Å². The Morgan fingerprint density at radius 2 is 2.29 bits per heavy atom. The SMILES string of the molecule is Cc1cc(NC2CC2)ncc1[C@H](C)N. The van der Waals surface area contributed by atoms with Gasteiger partial charge in [0.15, 0.2) is 0 Å². The van der Waals surface area contributed by atoms with Crippen molar-refractivity contribution in [2.75, 3.05) is 5.32 Å². The highest BCUT2D eigenvalue weighted by Crippen LogP contribution is 2.25. The molecule has 1 heterocycles. The lowest BCUT2D eigenvalue weighted by atomic mass is 10.1. The van der Waals surface area contributed by atoms with Crippen LogP contribution in [0.2, 0.25) is 0 Å². The van der Waals surface area contributed by atoms with Crippen molar-refractivity contribution < 1.29 is 0 Å². The molecule has 2 rings (SSSR count). The van der Waals surface area contributed by atoms with Gasteiger partial charge in [-0.05, 0) is 43.9 Å². The molecule has 3 heteroatoms. The maximum Gasteiger partial charge on any atom is 0.126 e. The fraction of sp³-hybridized carbons (Fsp3) is 0.545. The number of nitrogens with zero attached hydrogens (tertiary/aromatic N) is 1. The Kier molecular flexibility index (Phi) is 2.42. The van der Waals surface area contributed by atoms with E-state index >= 15 is 0 Å². The van der Waals surface area contributed by atoms with Gasteiger partial charge in [0.25, 0.3) is 0 Å². The van der Waals surface area contributed by atoms with Crippen LogP contribution in [0.3, 0.4) is 0 Å². The Balaban J connectivity index is 2.16. The highest BCUT2D eigenvalue weighted by atomic mass is 15.0. The van der Waals surface area contributed by atoms with E-state index in [2.05, 4.69) is 23.3 Å². The second kappa shape index (κ2) is 3.58. The molecule has 0 spiro atoms. The van der Waals surface area contributed by atoms with Gasteiger partial charge in [0.1, 0.15) is 5.82 Å². The van der Waals surface area contributed by atoms with E-state index in [1.165, 1.54) is 18.4 Å². The zero-order valence-electron chi connectivity index (χ0n) is 8.75. The summed E-state index contributed by atoms with van der Waals surface area (Å²) in [5.41, 5.74) is 8.17. The molecule has 0 amide bonds. The van der Waals surface area contributed by atoms with Crippen LogP contribution in [-0.4, -0.2) is 11.0 Å². The fourth-order valence-corrected chi connectivity index (χ4v) is 1.56. The third-order valence-electron chi connectivity index (χ3n) is 2.57. The van der Waals surface area contributed by atoms with Crippen LogP contribution < -0.4 is 11.1 Å². The number of anilines is 1. The Hall–Kier alpha value is -1.09. The van der Waals surface area contributed by atoms with E-state index in [4.69, 9.17) is 5.73 Å². The second-order valence-corrected chi connectivity index (χ2v) is 4.13. The number of aryl methyl sites for hydroxylation is 1. The molecule has 0 radical (unpaired) electrons. The van der Waals surface area contributed by atoms with E-state index in [9.17, 15) is 0 Å². The molecular weight excluding hydrogens is 174 g/mol. The van der Waals surface area contributed by atoms with Crippen LogP contribution in [-0.2, 0) is 0 Å². The van der Waals surface area contributed by atoms with E-state index in [0.29, 0.717) is 6.04 Å². The predicted octanol–water partition coefficient (Wildman–Crippen LogP) is 1.98. The zero-order chi connectivity index (χ0) is 10.1. The molecule has 0 aromatic carbocycles. The number of nitrogens with two attached hydrogens (primary N) is 1. The first-order valence-corrected chi connectivity index (χ1v) is 5.15. The molecule has 1 aromatic heterocycles. The molecule has 3 nitrogen and oxygen atoms in total. The van der Waals surface area contributed by atoms with Gasteiger partial charge in [0, 0.05) is 18.3 Å². The molecule has 0 bridgehead atoms. The Bertz CT molecular complexity index is 329. The number of rotatable bonds is 3. The number of nitrogens with one attached hydrogen (secondary N) is 1. The van der Waals surface area contributed by atoms with Crippen LogP contribution in [0.1, 0.15) is 36.9 Å². The highest BCUT2D eigenvalue weighted by molar-refractivity contribution is 5.43. The molecule has 1 fully saturated rings. The van der Waals surface area contributed by atoms with Gasteiger partial charge in [-0.1, -0.05) is 0 Å². The molecule has 76 valence electrons. The first-order valence-electron chi connectivity index (χ1n) is 5.15. The molecule has 0 aliphatic heterocycles. The number of hydrogen-bond acceptors (Lipinski definition) is 3. The molecule has 14 heavy (non-hydrogen) atoms. The maximum atomic E-state index is 5.82. The maximum absolute atomic E-state index is 5.82. The largest absolute Gasteiger partial charge is 0.367 e. The van der Waals surface area contributed by atoms with Gasteiger partial charge >= 0.3 is 0 Å². The molecule has 0 unspecified atom stereocenters. The molecule has 1 saturated carbocycles.